The summed E-state index contributed by atoms with van der Waals surface area (Å²) in [5.41, 5.74) is 7.41. The van der Waals surface area contributed by atoms with E-state index in [1.165, 1.54) is 0 Å². The van der Waals surface area contributed by atoms with Crippen molar-refractivity contribution in [3.05, 3.63) is 70.4 Å². The SMILES string of the molecule is CC(C)(C)O.CCOC(=O)Cc1c(C)cc2nc(-c3ccc4n[nH]c(C)c4c3)sc2c1-c1ccc(Cl)cc1. The maximum atomic E-state index is 12.4. The molecule has 0 amide bonds. The Morgan fingerprint density at radius 3 is 2.37 bits per heavy atom. The van der Waals surface area contributed by atoms with Gasteiger partial charge in [0.05, 0.1) is 34.4 Å². The number of fused-ring (bicyclic) bond motifs is 2. The highest BCUT2D eigenvalue weighted by molar-refractivity contribution is 7.22. The van der Waals surface area contributed by atoms with Crippen LogP contribution in [0.25, 0.3) is 42.8 Å². The number of halogens is 1. The number of aliphatic hydroxyl groups is 1. The molecule has 5 aromatic rings. The van der Waals surface area contributed by atoms with Gasteiger partial charge in [-0.3, -0.25) is 9.89 Å². The Balaban J connectivity index is 0.000000617. The molecule has 0 radical (unpaired) electrons. The number of aromatic nitrogens is 3. The first-order valence-corrected chi connectivity index (χ1v) is 13.7. The number of benzene rings is 3. The molecule has 0 aliphatic carbocycles. The number of aromatic amines is 1. The van der Waals surface area contributed by atoms with Crippen molar-refractivity contribution < 1.29 is 14.6 Å². The van der Waals surface area contributed by atoms with Crippen molar-refractivity contribution in [1.29, 1.82) is 0 Å². The highest BCUT2D eigenvalue weighted by Gasteiger charge is 2.20. The first kappa shape index (κ1) is 27.8. The fraction of sp³-hybridized carbons (Fsp3) is 0.300. The van der Waals surface area contributed by atoms with Gasteiger partial charge in [0.1, 0.15) is 5.01 Å². The van der Waals surface area contributed by atoms with Crippen LogP contribution in [0.5, 0.6) is 0 Å². The smallest absolute Gasteiger partial charge is 0.310 e. The summed E-state index contributed by atoms with van der Waals surface area (Å²) in [6.45, 7) is 11.4. The minimum absolute atomic E-state index is 0.209. The lowest BCUT2D eigenvalue weighted by Crippen LogP contribution is -2.10. The second-order valence-electron chi connectivity index (χ2n) is 10.2. The van der Waals surface area contributed by atoms with Gasteiger partial charge in [-0.2, -0.15) is 5.10 Å². The molecule has 0 saturated carbocycles. The van der Waals surface area contributed by atoms with Crippen LogP contribution in [0.2, 0.25) is 5.02 Å². The molecule has 0 spiro atoms. The molecule has 2 aromatic heterocycles. The Bertz CT molecular complexity index is 1590. The van der Waals surface area contributed by atoms with Gasteiger partial charge >= 0.3 is 5.97 Å². The maximum absolute atomic E-state index is 12.4. The third kappa shape index (κ3) is 6.41. The Kier molecular flexibility index (Phi) is 8.21. The van der Waals surface area contributed by atoms with Crippen LogP contribution in [0, 0.1) is 13.8 Å². The van der Waals surface area contributed by atoms with E-state index < -0.39 is 5.60 Å². The number of carbonyl (C=O) groups is 1. The van der Waals surface area contributed by atoms with Crippen LogP contribution >= 0.6 is 22.9 Å². The molecule has 0 aliphatic rings. The standard InChI is InChI=1S/C26H22ClN3O2S.C4H10O/c1-4-32-23(31)13-19-14(2)11-22-25(24(19)16-5-8-18(27)9-6-16)33-26(28-22)17-7-10-21-20(12-17)15(3)29-30-21;1-4(2,3)5/h5-12H,4,13H2,1-3H3,(H,29,30);5H,1-3H3. The van der Waals surface area contributed by atoms with E-state index >= 15 is 0 Å². The molecular formula is C30H32ClN3O3S. The van der Waals surface area contributed by atoms with E-state index in [0.717, 1.165) is 59.6 Å². The summed E-state index contributed by atoms with van der Waals surface area (Å²) in [7, 11) is 0. The summed E-state index contributed by atoms with van der Waals surface area (Å²) < 4.78 is 6.30. The van der Waals surface area contributed by atoms with E-state index in [2.05, 4.69) is 28.4 Å². The van der Waals surface area contributed by atoms with Crippen LogP contribution in [0.4, 0.5) is 0 Å². The molecule has 0 unspecified atom stereocenters. The third-order valence-corrected chi connectivity index (χ3v) is 7.15. The van der Waals surface area contributed by atoms with E-state index in [-0.39, 0.29) is 12.4 Å². The molecule has 0 saturated heterocycles. The lowest BCUT2D eigenvalue weighted by Gasteiger charge is -2.14. The van der Waals surface area contributed by atoms with Crippen LogP contribution in [-0.2, 0) is 16.0 Å². The predicted molar refractivity (Wildman–Crippen MR) is 157 cm³/mol. The molecule has 6 nitrogen and oxygen atoms in total. The van der Waals surface area contributed by atoms with Crippen LogP contribution in [0.3, 0.4) is 0 Å². The number of rotatable bonds is 5. The number of hydrogen-bond acceptors (Lipinski definition) is 6. The van der Waals surface area contributed by atoms with Crippen molar-refractivity contribution in [2.75, 3.05) is 6.61 Å². The second kappa shape index (κ2) is 11.2. The van der Waals surface area contributed by atoms with Gasteiger partial charge in [0.2, 0.25) is 0 Å². The minimum atomic E-state index is -0.500. The van der Waals surface area contributed by atoms with Gasteiger partial charge in [-0.1, -0.05) is 23.7 Å². The highest BCUT2D eigenvalue weighted by atomic mass is 35.5. The number of hydrogen-bond donors (Lipinski definition) is 2. The lowest BCUT2D eigenvalue weighted by atomic mass is 9.93. The van der Waals surface area contributed by atoms with Crippen molar-refractivity contribution in [1.82, 2.24) is 15.2 Å². The summed E-state index contributed by atoms with van der Waals surface area (Å²) in [4.78, 5) is 17.4. The fourth-order valence-corrected chi connectivity index (χ4v) is 5.40. The van der Waals surface area contributed by atoms with E-state index in [1.807, 2.05) is 51.1 Å². The Labute approximate surface area is 231 Å². The maximum Gasteiger partial charge on any atom is 0.310 e. The average Bonchev–Trinajstić information content (AvgIpc) is 3.42. The molecule has 8 heteroatoms. The van der Waals surface area contributed by atoms with Crippen molar-refractivity contribution in [3.8, 4) is 21.7 Å². The van der Waals surface area contributed by atoms with Gasteiger partial charge in [0.15, 0.2) is 0 Å². The lowest BCUT2D eigenvalue weighted by molar-refractivity contribution is -0.142. The van der Waals surface area contributed by atoms with E-state index in [1.54, 1.807) is 32.1 Å². The summed E-state index contributed by atoms with van der Waals surface area (Å²) in [6, 6.07) is 16.0. The highest BCUT2D eigenvalue weighted by Crippen LogP contribution is 2.41. The van der Waals surface area contributed by atoms with Crippen molar-refractivity contribution >= 4 is 50.0 Å². The fourth-order valence-electron chi connectivity index (χ4n) is 4.14. The first-order valence-electron chi connectivity index (χ1n) is 12.5. The van der Waals surface area contributed by atoms with E-state index in [4.69, 9.17) is 26.4 Å². The van der Waals surface area contributed by atoms with Crippen LogP contribution < -0.4 is 0 Å². The molecule has 5 rings (SSSR count). The summed E-state index contributed by atoms with van der Waals surface area (Å²) in [6.07, 6.45) is 0.209. The third-order valence-electron chi connectivity index (χ3n) is 5.76. The van der Waals surface area contributed by atoms with Crippen LogP contribution in [-0.4, -0.2) is 38.5 Å². The van der Waals surface area contributed by atoms with Gasteiger partial charge in [-0.25, -0.2) is 4.98 Å². The molecule has 0 bridgehead atoms. The monoisotopic (exact) mass is 549 g/mol. The van der Waals surface area contributed by atoms with Crippen molar-refractivity contribution in [2.45, 2.75) is 53.6 Å². The first-order chi connectivity index (χ1) is 17.9. The van der Waals surface area contributed by atoms with E-state index in [9.17, 15) is 4.79 Å². The Morgan fingerprint density at radius 1 is 1.05 bits per heavy atom. The van der Waals surface area contributed by atoms with Gasteiger partial charge < -0.3 is 9.84 Å². The number of aryl methyl sites for hydroxylation is 2. The zero-order valence-corrected chi connectivity index (χ0v) is 24.0. The van der Waals surface area contributed by atoms with Crippen LogP contribution in [0.15, 0.2) is 48.5 Å². The molecule has 3 aromatic carbocycles. The molecular weight excluding hydrogens is 518 g/mol. The summed E-state index contributed by atoms with van der Waals surface area (Å²) in [5, 5.41) is 18.6. The molecule has 2 heterocycles. The quantitative estimate of drug-likeness (QED) is 0.220. The van der Waals surface area contributed by atoms with Gasteiger partial charge in [0, 0.05) is 27.2 Å². The zero-order valence-electron chi connectivity index (χ0n) is 22.5. The van der Waals surface area contributed by atoms with Crippen LogP contribution in [0.1, 0.15) is 44.5 Å². The topological polar surface area (TPSA) is 88.1 Å². The zero-order chi connectivity index (χ0) is 27.6. The Hall–Kier alpha value is -3.26. The number of thiazole rings is 1. The molecule has 198 valence electrons. The largest absolute Gasteiger partial charge is 0.466 e. The number of nitrogens with one attached hydrogen (secondary N) is 1. The predicted octanol–water partition coefficient (Wildman–Crippen LogP) is 7.66. The summed E-state index contributed by atoms with van der Waals surface area (Å²) >= 11 is 7.79. The number of esters is 1. The number of H-pyrrole nitrogens is 1. The molecule has 2 N–H and O–H groups in total. The van der Waals surface area contributed by atoms with Gasteiger partial charge in [-0.15, -0.1) is 11.3 Å². The van der Waals surface area contributed by atoms with E-state index in [0.29, 0.717) is 11.6 Å². The van der Waals surface area contributed by atoms with Gasteiger partial charge in [-0.05, 0) is 94.6 Å². The van der Waals surface area contributed by atoms with Crippen molar-refractivity contribution in [2.24, 2.45) is 0 Å². The van der Waals surface area contributed by atoms with Gasteiger partial charge in [0.25, 0.3) is 0 Å². The van der Waals surface area contributed by atoms with Crippen molar-refractivity contribution in [3.63, 3.8) is 0 Å². The minimum Gasteiger partial charge on any atom is -0.466 e. The molecule has 0 aliphatic heterocycles. The average molecular weight is 550 g/mol. The number of carbonyl (C=O) groups excluding carboxylic acids is 1. The number of ether oxygens (including phenoxy) is 1. The molecule has 0 fully saturated rings. The normalized spacial score (nSPS) is 11.5. The summed E-state index contributed by atoms with van der Waals surface area (Å²) in [5.74, 6) is -0.235. The molecule has 38 heavy (non-hydrogen) atoms. The second-order valence-corrected chi connectivity index (χ2v) is 11.6. The molecule has 0 atom stereocenters. The Morgan fingerprint density at radius 2 is 1.71 bits per heavy atom. The number of nitrogens with zero attached hydrogens (tertiary/aromatic N) is 2.